The Morgan fingerprint density at radius 3 is 2.89 bits per heavy atom. The third-order valence-electron chi connectivity index (χ3n) is 4.80. The van der Waals surface area contributed by atoms with Gasteiger partial charge in [0, 0.05) is 35.5 Å². The van der Waals surface area contributed by atoms with Crippen LogP contribution in [0.4, 0.5) is 0 Å². The highest BCUT2D eigenvalue weighted by Gasteiger charge is 2.25. The van der Waals surface area contributed by atoms with Crippen molar-refractivity contribution in [1.82, 2.24) is 25.6 Å². The van der Waals surface area contributed by atoms with E-state index in [0.717, 1.165) is 53.1 Å². The van der Waals surface area contributed by atoms with Crippen LogP contribution in [0.15, 0.2) is 9.90 Å². The number of carbonyl (C=O) groups is 1. The molecule has 4 rings (SSSR count). The van der Waals surface area contributed by atoms with Crippen LogP contribution in [0.2, 0.25) is 0 Å². The minimum atomic E-state index is -0.0282. The van der Waals surface area contributed by atoms with Crippen LogP contribution >= 0.6 is 22.7 Å². The van der Waals surface area contributed by atoms with Crippen molar-refractivity contribution in [3.8, 4) is 0 Å². The molecule has 0 unspecified atom stereocenters. The molecule has 0 saturated carbocycles. The SMILES string of the molecule is Cc1nnc(CNC(=O)c2csc3c2CCN(Cc2c(C)noc2C)C3)s1. The molecule has 142 valence electrons. The lowest BCUT2D eigenvalue weighted by Crippen LogP contribution is -2.31. The Balaban J connectivity index is 1.41. The highest BCUT2D eigenvalue weighted by molar-refractivity contribution is 7.11. The van der Waals surface area contributed by atoms with Crippen molar-refractivity contribution < 1.29 is 9.32 Å². The van der Waals surface area contributed by atoms with Gasteiger partial charge in [-0.25, -0.2) is 0 Å². The second-order valence-corrected chi connectivity index (χ2v) is 8.94. The summed E-state index contributed by atoms with van der Waals surface area (Å²) in [5, 5.41) is 18.8. The molecule has 3 aromatic rings. The fraction of sp³-hybridized carbons (Fsp3) is 0.444. The number of aryl methyl sites for hydroxylation is 3. The molecule has 1 aliphatic rings. The van der Waals surface area contributed by atoms with Crippen LogP contribution in [0, 0.1) is 20.8 Å². The summed E-state index contributed by atoms with van der Waals surface area (Å²) < 4.78 is 5.27. The first-order chi connectivity index (χ1) is 13.0. The van der Waals surface area contributed by atoms with Gasteiger partial charge in [0.1, 0.15) is 15.8 Å². The number of carbonyl (C=O) groups excluding carboxylic acids is 1. The zero-order chi connectivity index (χ0) is 19.0. The maximum atomic E-state index is 12.6. The van der Waals surface area contributed by atoms with E-state index in [0.29, 0.717) is 6.54 Å². The van der Waals surface area contributed by atoms with E-state index in [9.17, 15) is 4.79 Å². The van der Waals surface area contributed by atoms with Crippen molar-refractivity contribution in [1.29, 1.82) is 0 Å². The fourth-order valence-corrected chi connectivity index (χ4v) is 5.09. The number of thiophene rings is 1. The molecule has 0 aliphatic carbocycles. The third kappa shape index (κ3) is 3.80. The summed E-state index contributed by atoms with van der Waals surface area (Å²) in [6.07, 6.45) is 0.878. The van der Waals surface area contributed by atoms with Crippen LogP contribution in [-0.4, -0.2) is 32.7 Å². The summed E-state index contributed by atoms with van der Waals surface area (Å²) >= 11 is 3.17. The predicted octanol–water partition coefficient (Wildman–Crippen LogP) is 3.00. The number of amides is 1. The molecule has 9 heteroatoms. The molecule has 27 heavy (non-hydrogen) atoms. The largest absolute Gasteiger partial charge is 0.361 e. The first-order valence-corrected chi connectivity index (χ1v) is 10.5. The average Bonchev–Trinajstić information content (AvgIpc) is 3.34. The normalized spacial score (nSPS) is 14.3. The Labute approximate surface area is 165 Å². The van der Waals surface area contributed by atoms with Crippen LogP contribution in [0.1, 0.15) is 47.8 Å². The number of rotatable bonds is 5. The Kier molecular flexibility index (Phi) is 5.07. The molecular formula is C18H21N5O2S2. The van der Waals surface area contributed by atoms with Crippen LogP contribution in [-0.2, 0) is 26.1 Å². The first kappa shape index (κ1) is 18.3. The first-order valence-electron chi connectivity index (χ1n) is 8.81. The lowest BCUT2D eigenvalue weighted by atomic mass is 10.0. The molecule has 0 saturated heterocycles. The van der Waals surface area contributed by atoms with Crippen molar-refractivity contribution in [2.45, 2.75) is 46.8 Å². The molecule has 0 spiro atoms. The van der Waals surface area contributed by atoms with Crippen molar-refractivity contribution in [2.24, 2.45) is 0 Å². The second kappa shape index (κ2) is 7.49. The van der Waals surface area contributed by atoms with Gasteiger partial charge in [0.15, 0.2) is 0 Å². The summed E-state index contributed by atoms with van der Waals surface area (Å²) in [6.45, 7) is 8.87. The van der Waals surface area contributed by atoms with Crippen molar-refractivity contribution >= 4 is 28.6 Å². The molecule has 0 bridgehead atoms. The summed E-state index contributed by atoms with van der Waals surface area (Å²) in [6, 6.07) is 0. The predicted molar refractivity (Wildman–Crippen MR) is 104 cm³/mol. The molecule has 0 atom stereocenters. The van der Waals surface area contributed by atoms with Gasteiger partial charge in [0.05, 0.1) is 17.8 Å². The zero-order valence-electron chi connectivity index (χ0n) is 15.5. The van der Waals surface area contributed by atoms with E-state index in [2.05, 4.69) is 25.6 Å². The van der Waals surface area contributed by atoms with Crippen LogP contribution < -0.4 is 5.32 Å². The molecule has 1 aliphatic heterocycles. The van der Waals surface area contributed by atoms with E-state index in [1.54, 1.807) is 11.3 Å². The van der Waals surface area contributed by atoms with E-state index in [4.69, 9.17) is 4.52 Å². The number of nitrogens with zero attached hydrogens (tertiary/aromatic N) is 4. The third-order valence-corrected chi connectivity index (χ3v) is 6.65. The molecule has 1 N–H and O–H groups in total. The molecule has 0 aromatic carbocycles. The van der Waals surface area contributed by atoms with Crippen molar-refractivity contribution in [3.05, 3.63) is 48.4 Å². The molecular weight excluding hydrogens is 382 g/mol. The maximum Gasteiger partial charge on any atom is 0.252 e. The summed E-state index contributed by atoms with van der Waals surface area (Å²) in [5.41, 5.74) is 4.10. The van der Waals surface area contributed by atoms with Crippen LogP contribution in [0.3, 0.4) is 0 Å². The number of nitrogens with one attached hydrogen (secondary N) is 1. The van der Waals surface area contributed by atoms with Crippen LogP contribution in [0.5, 0.6) is 0 Å². The Hall–Kier alpha value is -2.10. The van der Waals surface area contributed by atoms with E-state index in [-0.39, 0.29) is 5.91 Å². The highest BCUT2D eigenvalue weighted by atomic mass is 32.1. The van der Waals surface area contributed by atoms with Gasteiger partial charge in [-0.1, -0.05) is 16.5 Å². The summed E-state index contributed by atoms with van der Waals surface area (Å²) in [7, 11) is 0. The van der Waals surface area contributed by atoms with Gasteiger partial charge in [-0.05, 0) is 32.8 Å². The number of hydrogen-bond acceptors (Lipinski definition) is 8. The lowest BCUT2D eigenvalue weighted by molar-refractivity contribution is 0.0949. The quantitative estimate of drug-likeness (QED) is 0.705. The van der Waals surface area contributed by atoms with Gasteiger partial charge in [-0.3, -0.25) is 9.69 Å². The Bertz CT molecular complexity index is 955. The summed E-state index contributed by atoms with van der Waals surface area (Å²) in [5.74, 6) is 0.857. The molecule has 1 amide bonds. The van der Waals surface area contributed by atoms with Gasteiger partial charge in [-0.2, -0.15) is 0 Å². The van der Waals surface area contributed by atoms with Gasteiger partial charge in [0.2, 0.25) is 0 Å². The number of aromatic nitrogens is 3. The van der Waals surface area contributed by atoms with E-state index in [1.807, 2.05) is 26.2 Å². The van der Waals surface area contributed by atoms with Gasteiger partial charge in [-0.15, -0.1) is 21.5 Å². The smallest absolute Gasteiger partial charge is 0.252 e. The minimum absolute atomic E-state index is 0.0282. The van der Waals surface area contributed by atoms with E-state index >= 15 is 0 Å². The minimum Gasteiger partial charge on any atom is -0.361 e. The van der Waals surface area contributed by atoms with Gasteiger partial charge < -0.3 is 9.84 Å². The second-order valence-electron chi connectivity index (χ2n) is 6.71. The van der Waals surface area contributed by atoms with Crippen molar-refractivity contribution in [3.63, 3.8) is 0 Å². The highest BCUT2D eigenvalue weighted by Crippen LogP contribution is 2.30. The van der Waals surface area contributed by atoms with E-state index < -0.39 is 0 Å². The maximum absolute atomic E-state index is 12.6. The monoisotopic (exact) mass is 403 g/mol. The molecule has 0 radical (unpaired) electrons. The Morgan fingerprint density at radius 1 is 1.33 bits per heavy atom. The fourth-order valence-electron chi connectivity index (χ4n) is 3.32. The summed E-state index contributed by atoms with van der Waals surface area (Å²) in [4.78, 5) is 16.3. The molecule has 7 nitrogen and oxygen atoms in total. The average molecular weight is 404 g/mol. The van der Waals surface area contributed by atoms with Crippen molar-refractivity contribution in [2.75, 3.05) is 6.54 Å². The standard InChI is InChI=1S/C18H21N5O2S2/c1-10-14(11(2)25-22-10)7-23-5-4-13-15(9-26-16(13)8-23)18(24)19-6-17-21-20-12(3)27-17/h9H,4-8H2,1-3H3,(H,19,24). The number of hydrogen-bond donors (Lipinski definition) is 1. The van der Waals surface area contributed by atoms with Gasteiger partial charge in [0.25, 0.3) is 5.91 Å². The van der Waals surface area contributed by atoms with Gasteiger partial charge >= 0.3 is 0 Å². The topological polar surface area (TPSA) is 84.2 Å². The van der Waals surface area contributed by atoms with E-state index in [1.165, 1.54) is 27.3 Å². The van der Waals surface area contributed by atoms with Crippen LogP contribution in [0.25, 0.3) is 0 Å². The Morgan fingerprint density at radius 2 is 2.19 bits per heavy atom. The molecule has 4 heterocycles. The lowest BCUT2D eigenvalue weighted by Gasteiger charge is -2.27. The number of fused-ring (bicyclic) bond motifs is 1. The zero-order valence-corrected chi connectivity index (χ0v) is 17.2. The molecule has 0 fully saturated rings. The molecule has 3 aromatic heterocycles.